The van der Waals surface area contributed by atoms with Crippen LogP contribution in [-0.4, -0.2) is 54.2 Å². The van der Waals surface area contributed by atoms with Gasteiger partial charge in [-0.3, -0.25) is 9.78 Å². The van der Waals surface area contributed by atoms with E-state index < -0.39 is 11.7 Å². The van der Waals surface area contributed by atoms with E-state index in [1.54, 1.807) is 4.57 Å². The van der Waals surface area contributed by atoms with Crippen LogP contribution in [0.3, 0.4) is 0 Å². The molecule has 0 bridgehead atoms. The SMILES string of the molecule is Nc1nc2c(ncn2[C@@H]2C[C@H](CO)[C@@H](CO)C[C@H]2O)c(=O)[nH]1. The van der Waals surface area contributed by atoms with Gasteiger partial charge in [-0.25, -0.2) is 4.98 Å². The third-order valence-electron chi connectivity index (χ3n) is 4.48. The highest BCUT2D eigenvalue weighted by atomic mass is 16.3. The summed E-state index contributed by atoms with van der Waals surface area (Å²) in [6.45, 7) is -0.151. The van der Waals surface area contributed by atoms with Gasteiger partial charge in [0.05, 0.1) is 18.5 Å². The topological polar surface area (TPSA) is 150 Å². The number of fused-ring (bicyclic) bond motifs is 1. The number of H-pyrrole nitrogens is 1. The Bertz CT molecular complexity index is 727. The lowest BCUT2D eigenvalue weighted by Gasteiger charge is -2.38. The van der Waals surface area contributed by atoms with Crippen molar-refractivity contribution >= 4 is 17.1 Å². The molecule has 2 aromatic heterocycles. The average molecular weight is 309 g/mol. The van der Waals surface area contributed by atoms with Crippen LogP contribution < -0.4 is 11.3 Å². The highest BCUT2D eigenvalue weighted by molar-refractivity contribution is 5.70. The first-order valence-corrected chi connectivity index (χ1v) is 7.17. The summed E-state index contributed by atoms with van der Waals surface area (Å²) in [6.07, 6.45) is 1.56. The normalized spacial score (nSPS) is 29.0. The molecular formula is C13H19N5O4. The van der Waals surface area contributed by atoms with E-state index in [0.717, 1.165) is 0 Å². The Morgan fingerprint density at radius 3 is 2.68 bits per heavy atom. The lowest BCUT2D eigenvalue weighted by atomic mass is 9.76. The number of nitrogens with zero attached hydrogens (tertiary/aromatic N) is 3. The van der Waals surface area contributed by atoms with Crippen LogP contribution in [0.1, 0.15) is 18.9 Å². The van der Waals surface area contributed by atoms with Crippen molar-refractivity contribution in [3.8, 4) is 0 Å². The number of imidazole rings is 1. The Morgan fingerprint density at radius 1 is 1.32 bits per heavy atom. The Morgan fingerprint density at radius 2 is 2.00 bits per heavy atom. The summed E-state index contributed by atoms with van der Waals surface area (Å²) in [5, 5.41) is 29.2. The molecule has 3 rings (SSSR count). The van der Waals surface area contributed by atoms with Gasteiger partial charge in [0.2, 0.25) is 5.95 Å². The number of aliphatic hydroxyl groups excluding tert-OH is 3. The van der Waals surface area contributed by atoms with E-state index in [4.69, 9.17) is 5.73 Å². The zero-order chi connectivity index (χ0) is 15.9. The van der Waals surface area contributed by atoms with Gasteiger partial charge in [0.1, 0.15) is 0 Å². The minimum absolute atomic E-state index is 0.0171. The van der Waals surface area contributed by atoms with Crippen molar-refractivity contribution in [2.75, 3.05) is 18.9 Å². The van der Waals surface area contributed by atoms with Gasteiger partial charge in [0.25, 0.3) is 5.56 Å². The third-order valence-corrected chi connectivity index (χ3v) is 4.48. The maximum absolute atomic E-state index is 11.8. The molecule has 0 unspecified atom stereocenters. The molecule has 0 amide bonds. The quantitative estimate of drug-likeness (QED) is 0.468. The standard InChI is InChI=1S/C13H19N5O4/c14-13-16-11-10(12(22)17-13)15-5-18(11)8-1-6(3-19)7(4-20)2-9(8)21/h5-9,19-21H,1-4H2,(H3,14,16,17,22)/t6-,7-,8-,9-/m1/s1. The highest BCUT2D eigenvalue weighted by Crippen LogP contribution is 2.37. The predicted octanol–water partition coefficient (Wildman–Crippen LogP) is -1.39. The Balaban J connectivity index is 2.02. The van der Waals surface area contributed by atoms with E-state index in [9.17, 15) is 20.1 Å². The first-order chi connectivity index (χ1) is 10.5. The van der Waals surface area contributed by atoms with E-state index >= 15 is 0 Å². The summed E-state index contributed by atoms with van der Waals surface area (Å²) in [4.78, 5) is 22.3. The van der Waals surface area contributed by atoms with Gasteiger partial charge in [-0.1, -0.05) is 0 Å². The summed E-state index contributed by atoms with van der Waals surface area (Å²) in [7, 11) is 0. The van der Waals surface area contributed by atoms with Gasteiger partial charge in [-0.15, -0.1) is 0 Å². The largest absolute Gasteiger partial charge is 0.396 e. The predicted molar refractivity (Wildman–Crippen MR) is 78.0 cm³/mol. The number of aromatic nitrogens is 4. The zero-order valence-electron chi connectivity index (χ0n) is 11.9. The lowest BCUT2D eigenvalue weighted by molar-refractivity contribution is -0.0139. The van der Waals surface area contributed by atoms with Crippen molar-refractivity contribution in [2.45, 2.75) is 25.0 Å². The van der Waals surface area contributed by atoms with Crippen molar-refractivity contribution in [2.24, 2.45) is 11.8 Å². The van der Waals surface area contributed by atoms with Gasteiger partial charge in [0.15, 0.2) is 11.2 Å². The maximum Gasteiger partial charge on any atom is 0.280 e. The molecular weight excluding hydrogens is 290 g/mol. The molecule has 22 heavy (non-hydrogen) atoms. The molecule has 0 aromatic carbocycles. The number of nitrogen functional groups attached to an aromatic ring is 1. The number of rotatable bonds is 3. The smallest absolute Gasteiger partial charge is 0.280 e. The number of anilines is 1. The van der Waals surface area contributed by atoms with Crippen molar-refractivity contribution in [1.29, 1.82) is 0 Å². The fourth-order valence-electron chi connectivity index (χ4n) is 3.25. The first-order valence-electron chi connectivity index (χ1n) is 7.17. The van der Waals surface area contributed by atoms with Crippen LogP contribution in [0, 0.1) is 11.8 Å². The number of hydrogen-bond acceptors (Lipinski definition) is 7. The summed E-state index contributed by atoms with van der Waals surface area (Å²) < 4.78 is 1.63. The van der Waals surface area contributed by atoms with E-state index in [2.05, 4.69) is 15.0 Å². The molecule has 9 nitrogen and oxygen atoms in total. The second-order valence-electron chi connectivity index (χ2n) is 5.77. The van der Waals surface area contributed by atoms with Gasteiger partial charge >= 0.3 is 0 Å². The van der Waals surface area contributed by atoms with Gasteiger partial charge < -0.3 is 25.6 Å². The van der Waals surface area contributed by atoms with Gasteiger partial charge in [-0.2, -0.15) is 4.98 Å². The molecule has 1 fully saturated rings. The summed E-state index contributed by atoms with van der Waals surface area (Å²) >= 11 is 0. The fraction of sp³-hybridized carbons (Fsp3) is 0.615. The van der Waals surface area contributed by atoms with Crippen LogP contribution >= 0.6 is 0 Å². The van der Waals surface area contributed by atoms with Gasteiger partial charge in [-0.05, 0) is 24.7 Å². The summed E-state index contributed by atoms with van der Waals surface area (Å²) in [5.74, 6) is -0.292. The summed E-state index contributed by atoms with van der Waals surface area (Å²) in [5.41, 5.74) is 5.61. The minimum atomic E-state index is -0.723. The molecule has 1 aliphatic carbocycles. The molecule has 2 aromatic rings. The van der Waals surface area contributed by atoms with Crippen molar-refractivity contribution in [3.05, 3.63) is 16.7 Å². The van der Waals surface area contributed by atoms with Crippen LogP contribution in [0.2, 0.25) is 0 Å². The van der Waals surface area contributed by atoms with Crippen LogP contribution in [0.4, 0.5) is 5.95 Å². The van der Waals surface area contributed by atoms with Crippen LogP contribution in [0.15, 0.2) is 11.1 Å². The van der Waals surface area contributed by atoms with Crippen LogP contribution in [-0.2, 0) is 0 Å². The molecule has 0 spiro atoms. The Hall–Kier alpha value is -1.97. The Labute approximate surface area is 125 Å². The maximum atomic E-state index is 11.8. The molecule has 1 saturated carbocycles. The molecule has 0 radical (unpaired) electrons. The second-order valence-corrected chi connectivity index (χ2v) is 5.77. The molecule has 2 heterocycles. The number of nitrogens with one attached hydrogen (secondary N) is 1. The Kier molecular flexibility index (Phi) is 3.85. The third kappa shape index (κ3) is 2.36. The fourth-order valence-corrected chi connectivity index (χ4v) is 3.25. The first kappa shape index (κ1) is 14.9. The molecule has 0 aliphatic heterocycles. The molecule has 9 heteroatoms. The van der Waals surface area contributed by atoms with Gasteiger partial charge in [0, 0.05) is 13.2 Å². The van der Waals surface area contributed by atoms with Crippen LogP contribution in [0.25, 0.3) is 11.2 Å². The van der Waals surface area contributed by atoms with E-state index in [-0.39, 0.29) is 42.6 Å². The van der Waals surface area contributed by atoms with E-state index in [1.807, 2.05) is 0 Å². The second kappa shape index (κ2) is 5.67. The molecule has 1 aliphatic rings. The monoisotopic (exact) mass is 309 g/mol. The highest BCUT2D eigenvalue weighted by Gasteiger charge is 2.37. The summed E-state index contributed by atoms with van der Waals surface area (Å²) in [6, 6.07) is -0.376. The van der Waals surface area contributed by atoms with Crippen LogP contribution in [0.5, 0.6) is 0 Å². The molecule has 4 atom stereocenters. The van der Waals surface area contributed by atoms with Crippen molar-refractivity contribution in [3.63, 3.8) is 0 Å². The average Bonchev–Trinajstić information content (AvgIpc) is 2.90. The van der Waals surface area contributed by atoms with Crippen molar-refractivity contribution < 1.29 is 15.3 Å². The molecule has 0 saturated heterocycles. The number of aliphatic hydroxyl groups is 3. The van der Waals surface area contributed by atoms with E-state index in [1.165, 1.54) is 6.33 Å². The lowest BCUT2D eigenvalue weighted by Crippen LogP contribution is -2.39. The number of aromatic amines is 1. The zero-order valence-corrected chi connectivity index (χ0v) is 11.9. The minimum Gasteiger partial charge on any atom is -0.396 e. The van der Waals surface area contributed by atoms with E-state index in [0.29, 0.717) is 18.5 Å². The molecule has 6 N–H and O–H groups in total. The van der Waals surface area contributed by atoms with Crippen molar-refractivity contribution in [1.82, 2.24) is 19.5 Å². The molecule has 120 valence electrons. The number of hydrogen-bond donors (Lipinski definition) is 5. The number of nitrogens with two attached hydrogens (primary N) is 1.